The van der Waals surface area contributed by atoms with Crippen LogP contribution < -0.4 is 32.3 Å². The highest BCUT2D eigenvalue weighted by Gasteiger charge is 2.21. The molecule has 0 bridgehead atoms. The molecule has 7 N–H and O–H groups in total. The first kappa shape index (κ1) is 33.8. The number of aryl methyl sites for hydroxylation is 4. The number of aromatic nitrogens is 5. The summed E-state index contributed by atoms with van der Waals surface area (Å²) in [6.45, 7) is 3.42. The summed E-state index contributed by atoms with van der Waals surface area (Å²) in [6.07, 6.45) is 6.07. The van der Waals surface area contributed by atoms with E-state index in [2.05, 4.69) is 38.1 Å². The zero-order chi connectivity index (χ0) is 34.6. The number of amides is 6. The second kappa shape index (κ2) is 13.9. The van der Waals surface area contributed by atoms with Gasteiger partial charge in [-0.2, -0.15) is 0 Å². The van der Waals surface area contributed by atoms with Crippen molar-refractivity contribution in [1.82, 2.24) is 28.6 Å². The van der Waals surface area contributed by atoms with Gasteiger partial charge < -0.3 is 50.6 Å². The number of carbonyl (C=O) groups excluding carboxylic acids is 6. The summed E-state index contributed by atoms with van der Waals surface area (Å²) in [5, 5.41) is 12.9. The van der Waals surface area contributed by atoms with Gasteiger partial charge in [0.2, 0.25) is 11.7 Å². The number of rotatable bonds is 12. The number of halogens is 1. The van der Waals surface area contributed by atoms with Gasteiger partial charge in [-0.15, -0.1) is 0 Å². The Balaban J connectivity index is 1.38. The maximum absolute atomic E-state index is 13.1. The molecule has 17 nitrogen and oxygen atoms in total. The zero-order valence-electron chi connectivity index (χ0n) is 25.8. The Labute approximate surface area is 272 Å². The molecule has 0 saturated heterocycles. The third kappa shape index (κ3) is 8.14. The molecule has 0 saturated carbocycles. The van der Waals surface area contributed by atoms with Crippen molar-refractivity contribution in [3.8, 4) is 0 Å². The van der Waals surface area contributed by atoms with Crippen LogP contribution in [0.2, 0.25) is 0 Å². The smallest absolute Gasteiger partial charge is 0.291 e. The van der Waals surface area contributed by atoms with Gasteiger partial charge in [-0.25, -0.2) is 4.98 Å². The fourth-order valence-corrected chi connectivity index (χ4v) is 4.51. The Kier molecular flexibility index (Phi) is 9.99. The largest absolute Gasteiger partial charge is 0.370 e. The average Bonchev–Trinajstić information content (AvgIpc) is 3.73. The molecule has 4 rings (SSSR count). The quantitative estimate of drug-likeness (QED) is 0.122. The van der Waals surface area contributed by atoms with Crippen LogP contribution in [0.4, 0.5) is 22.9 Å². The number of nitrogens with zero attached hydrogens (tertiary/aromatic N) is 5. The van der Waals surface area contributed by atoms with Gasteiger partial charge in [-0.05, 0) is 18.2 Å². The van der Waals surface area contributed by atoms with E-state index in [1.165, 1.54) is 48.9 Å². The molecule has 0 radical (unpaired) electrons. The summed E-state index contributed by atoms with van der Waals surface area (Å²) in [6, 6.07) is 4.43. The summed E-state index contributed by atoms with van der Waals surface area (Å²) < 4.78 is 5.96. The van der Waals surface area contributed by atoms with E-state index in [9.17, 15) is 28.8 Å². The number of carbonyl (C=O) groups is 6. The SMILES string of the molecule is C=C(Cl)C(=O)Nc1cn(C)c(C(=O)Nc2cc(C(=O)Nc3cc(C(=O)Nc4cc(C(=O)NCCC(N)=O)n(C)c4)n(C)c3)n(C)c2)n1. The van der Waals surface area contributed by atoms with Crippen molar-refractivity contribution >= 4 is 69.9 Å². The summed E-state index contributed by atoms with van der Waals surface area (Å²) in [5.41, 5.74) is 6.77. The van der Waals surface area contributed by atoms with Crippen LogP contribution >= 0.6 is 11.6 Å². The number of primary amides is 1. The minimum atomic E-state index is -0.659. The minimum absolute atomic E-state index is 0.00294. The molecule has 18 heteroatoms. The van der Waals surface area contributed by atoms with Crippen LogP contribution in [0.1, 0.15) is 48.5 Å². The second-order valence-corrected chi connectivity index (χ2v) is 10.9. The van der Waals surface area contributed by atoms with E-state index in [1.807, 2.05) is 0 Å². The highest BCUT2D eigenvalue weighted by atomic mass is 35.5. The van der Waals surface area contributed by atoms with E-state index in [1.54, 1.807) is 40.6 Å². The first-order valence-electron chi connectivity index (χ1n) is 13.8. The first-order valence-corrected chi connectivity index (χ1v) is 14.2. The molecule has 4 heterocycles. The molecule has 0 atom stereocenters. The third-order valence-corrected chi connectivity index (χ3v) is 6.88. The van der Waals surface area contributed by atoms with Crippen LogP contribution in [0.25, 0.3) is 0 Å². The average molecular weight is 666 g/mol. The standard InChI is InChI=1S/C29H32ClN11O6/c1-15(30)25(43)37-23-14-41(5)24(36-23)29(47)35-18-10-21(40(4)13-18)28(46)34-17-9-20(39(3)12-17)27(45)33-16-8-19(38(2)11-16)26(44)32-7-6-22(31)42/h8-14H,1,6-7H2,2-5H3,(H2,31,42)(H,32,44)(H,33,45)(H,34,46)(H,35,47)(H,37,43). The molecule has 0 fully saturated rings. The van der Waals surface area contributed by atoms with E-state index in [0.717, 1.165) is 0 Å². The fourth-order valence-electron chi connectivity index (χ4n) is 4.46. The van der Waals surface area contributed by atoms with Gasteiger partial charge >= 0.3 is 0 Å². The molecule has 6 amide bonds. The molecule has 246 valence electrons. The number of nitrogens with one attached hydrogen (secondary N) is 5. The minimum Gasteiger partial charge on any atom is -0.370 e. The normalized spacial score (nSPS) is 10.7. The van der Waals surface area contributed by atoms with Crippen molar-refractivity contribution in [3.05, 3.63) is 77.5 Å². The van der Waals surface area contributed by atoms with Crippen LogP contribution in [0.3, 0.4) is 0 Å². The molecule has 0 spiro atoms. The molecule has 47 heavy (non-hydrogen) atoms. The predicted molar refractivity (Wildman–Crippen MR) is 173 cm³/mol. The molecule has 0 aliphatic rings. The monoisotopic (exact) mass is 665 g/mol. The van der Waals surface area contributed by atoms with Crippen molar-refractivity contribution in [1.29, 1.82) is 0 Å². The fraction of sp³-hybridized carbons (Fsp3) is 0.207. The number of imidazole rings is 1. The van der Waals surface area contributed by atoms with E-state index < -0.39 is 35.4 Å². The van der Waals surface area contributed by atoms with Gasteiger partial charge in [0.15, 0.2) is 5.82 Å². The molecule has 0 aliphatic heterocycles. The summed E-state index contributed by atoms with van der Waals surface area (Å²) in [7, 11) is 6.45. The zero-order valence-corrected chi connectivity index (χ0v) is 26.6. The lowest BCUT2D eigenvalue weighted by molar-refractivity contribution is -0.118. The number of anilines is 4. The van der Waals surface area contributed by atoms with Crippen LogP contribution in [0.15, 0.2) is 54.6 Å². The Morgan fingerprint density at radius 3 is 1.60 bits per heavy atom. The molecule has 0 aromatic carbocycles. The highest BCUT2D eigenvalue weighted by Crippen LogP contribution is 2.20. The van der Waals surface area contributed by atoms with Gasteiger partial charge in [0, 0.05) is 65.9 Å². The summed E-state index contributed by atoms with van der Waals surface area (Å²) in [5.74, 6) is -3.15. The molecular weight excluding hydrogens is 634 g/mol. The van der Waals surface area contributed by atoms with Gasteiger partial charge in [0.05, 0.1) is 22.1 Å². The predicted octanol–water partition coefficient (Wildman–Crippen LogP) is 1.49. The van der Waals surface area contributed by atoms with Crippen molar-refractivity contribution in [3.63, 3.8) is 0 Å². The molecule has 4 aromatic heterocycles. The number of hydrogen-bond donors (Lipinski definition) is 6. The lowest BCUT2D eigenvalue weighted by Gasteiger charge is -2.04. The maximum atomic E-state index is 13.1. The molecular formula is C29H32ClN11O6. The van der Waals surface area contributed by atoms with Gasteiger partial charge in [0.25, 0.3) is 29.5 Å². The molecule has 0 unspecified atom stereocenters. The number of hydrogen-bond acceptors (Lipinski definition) is 7. The Hall–Kier alpha value is -6.10. The lowest BCUT2D eigenvalue weighted by Crippen LogP contribution is -2.29. The van der Waals surface area contributed by atoms with Crippen LogP contribution in [-0.2, 0) is 37.8 Å². The van der Waals surface area contributed by atoms with Gasteiger partial charge in [0.1, 0.15) is 17.1 Å². The van der Waals surface area contributed by atoms with Crippen LogP contribution in [0, 0.1) is 0 Å². The second-order valence-electron chi connectivity index (χ2n) is 10.4. The topological polar surface area (TPSA) is 221 Å². The Morgan fingerprint density at radius 2 is 1.15 bits per heavy atom. The van der Waals surface area contributed by atoms with Crippen LogP contribution in [0.5, 0.6) is 0 Å². The van der Waals surface area contributed by atoms with E-state index in [4.69, 9.17) is 17.3 Å². The summed E-state index contributed by atoms with van der Waals surface area (Å²) in [4.78, 5) is 78.2. The number of nitrogens with two attached hydrogens (primary N) is 1. The lowest BCUT2D eigenvalue weighted by atomic mass is 10.3. The van der Waals surface area contributed by atoms with Gasteiger partial charge in [-0.3, -0.25) is 28.8 Å². The Bertz CT molecular complexity index is 1930. The van der Waals surface area contributed by atoms with Crippen molar-refractivity contribution in [2.75, 3.05) is 27.8 Å². The summed E-state index contributed by atoms with van der Waals surface area (Å²) >= 11 is 5.58. The highest BCUT2D eigenvalue weighted by molar-refractivity contribution is 6.43. The molecule has 4 aromatic rings. The molecule has 0 aliphatic carbocycles. The van der Waals surface area contributed by atoms with Crippen molar-refractivity contribution in [2.45, 2.75) is 6.42 Å². The third-order valence-electron chi connectivity index (χ3n) is 6.71. The van der Waals surface area contributed by atoms with Crippen LogP contribution in [-0.4, -0.2) is 65.2 Å². The van der Waals surface area contributed by atoms with Crippen molar-refractivity contribution in [2.24, 2.45) is 33.9 Å². The maximum Gasteiger partial charge on any atom is 0.291 e. The van der Waals surface area contributed by atoms with E-state index in [0.29, 0.717) is 17.1 Å². The van der Waals surface area contributed by atoms with E-state index >= 15 is 0 Å². The first-order chi connectivity index (χ1) is 22.1. The van der Waals surface area contributed by atoms with Gasteiger partial charge in [-0.1, -0.05) is 18.2 Å². The van der Waals surface area contributed by atoms with Crippen molar-refractivity contribution < 1.29 is 28.8 Å². The Morgan fingerprint density at radius 1 is 0.702 bits per heavy atom. The van der Waals surface area contributed by atoms with E-state index in [-0.39, 0.29) is 46.7 Å².